The second-order valence-corrected chi connectivity index (χ2v) is 13.0. The number of nitrogens with zero attached hydrogens (tertiary/aromatic N) is 3. The van der Waals surface area contributed by atoms with Crippen LogP contribution < -0.4 is 5.32 Å². The van der Waals surface area contributed by atoms with E-state index in [2.05, 4.69) is 36.2 Å². The average molecular weight is 593 g/mol. The number of amides is 4. The summed E-state index contributed by atoms with van der Waals surface area (Å²) in [4.78, 5) is 55.6. The van der Waals surface area contributed by atoms with Crippen LogP contribution in [0.1, 0.15) is 77.8 Å². The number of carbonyl (C=O) groups excluding carboxylic acids is 4. The summed E-state index contributed by atoms with van der Waals surface area (Å²) in [5.74, 6) is -2.54. The van der Waals surface area contributed by atoms with Crippen molar-refractivity contribution in [2.24, 2.45) is 5.41 Å². The van der Waals surface area contributed by atoms with Gasteiger partial charge in [-0.2, -0.15) is 0 Å². The van der Waals surface area contributed by atoms with Crippen LogP contribution in [0.5, 0.6) is 0 Å². The number of hydrogen-bond acceptors (Lipinski definition) is 5. The number of carbonyl (C=O) groups is 4. The van der Waals surface area contributed by atoms with Crippen LogP contribution in [-0.4, -0.2) is 70.7 Å². The number of rotatable bonds is 5. The first kappa shape index (κ1) is 28.6. The van der Waals surface area contributed by atoms with Crippen molar-refractivity contribution in [1.29, 1.82) is 0 Å². The molecule has 0 aromatic heterocycles. The SMILES string of the molecule is CC1(C)CCC(CN2CCN(C(=O)c3cc4c(cc3F)C(=O)N(C3CCC(=O)NC3=O)C4)C2)=C(c2ccc(Cl)cc2)C1. The fourth-order valence-corrected chi connectivity index (χ4v) is 6.72. The lowest BCUT2D eigenvalue weighted by Gasteiger charge is -2.35. The molecule has 6 rings (SSSR count). The highest BCUT2D eigenvalue weighted by Gasteiger charge is 2.40. The van der Waals surface area contributed by atoms with Gasteiger partial charge in [0, 0.05) is 43.2 Å². The van der Waals surface area contributed by atoms with Crippen molar-refractivity contribution in [3.63, 3.8) is 0 Å². The molecule has 4 aliphatic rings. The van der Waals surface area contributed by atoms with Crippen molar-refractivity contribution in [3.05, 3.63) is 75.1 Å². The lowest BCUT2D eigenvalue weighted by atomic mass is 9.72. The third-order valence-corrected chi connectivity index (χ3v) is 9.23. The normalized spacial score (nSPS) is 22.6. The second kappa shape index (κ2) is 10.9. The molecule has 2 aromatic carbocycles. The topological polar surface area (TPSA) is 90.0 Å². The van der Waals surface area contributed by atoms with E-state index in [1.54, 1.807) is 4.90 Å². The number of halogens is 2. The smallest absolute Gasteiger partial charge is 0.257 e. The van der Waals surface area contributed by atoms with Crippen LogP contribution in [0.2, 0.25) is 5.02 Å². The van der Waals surface area contributed by atoms with E-state index in [0.717, 1.165) is 31.9 Å². The first-order valence-electron chi connectivity index (χ1n) is 14.4. The Labute approximate surface area is 249 Å². The quantitative estimate of drug-likeness (QED) is 0.512. The molecule has 1 aliphatic carbocycles. The van der Waals surface area contributed by atoms with Crippen LogP contribution in [0.4, 0.5) is 4.39 Å². The summed E-state index contributed by atoms with van der Waals surface area (Å²) in [5.41, 5.74) is 4.66. The number of fused-ring (bicyclic) bond motifs is 1. The Morgan fingerprint density at radius 2 is 1.86 bits per heavy atom. The molecule has 0 radical (unpaired) electrons. The largest absolute Gasteiger partial charge is 0.324 e. The Kier molecular flexibility index (Phi) is 7.43. The maximum Gasteiger partial charge on any atom is 0.257 e. The van der Waals surface area contributed by atoms with Crippen LogP contribution in [0.15, 0.2) is 42.0 Å². The molecule has 0 bridgehead atoms. The molecule has 10 heteroatoms. The van der Waals surface area contributed by atoms with Crippen molar-refractivity contribution in [2.45, 2.75) is 58.5 Å². The standard InChI is InChI=1S/C32H34ClFN4O4/c1-32(2)10-9-20(25(15-32)19-3-5-22(33)6-4-19)16-36-11-12-37(18-36)30(41)24-13-21-17-38(31(42)23(21)14-26(24)34)27-7-8-28(39)35-29(27)40/h3-6,13-14,27H,7-12,15-18H2,1-2H3,(H,35,39,40). The highest BCUT2D eigenvalue weighted by molar-refractivity contribution is 6.30. The zero-order valence-electron chi connectivity index (χ0n) is 23.8. The first-order chi connectivity index (χ1) is 20.0. The zero-order chi connectivity index (χ0) is 29.8. The van der Waals surface area contributed by atoms with Crippen LogP contribution in [0.3, 0.4) is 0 Å². The molecule has 3 heterocycles. The molecular formula is C32H34ClFN4O4. The number of hydrogen-bond donors (Lipinski definition) is 1. The minimum atomic E-state index is -0.797. The number of imide groups is 1. The van der Waals surface area contributed by atoms with Gasteiger partial charge in [0.15, 0.2) is 0 Å². The molecule has 0 spiro atoms. The predicted molar refractivity (Wildman–Crippen MR) is 156 cm³/mol. The van der Waals surface area contributed by atoms with Gasteiger partial charge in [0.05, 0.1) is 12.2 Å². The van der Waals surface area contributed by atoms with Gasteiger partial charge < -0.3 is 9.80 Å². The van der Waals surface area contributed by atoms with Crippen molar-refractivity contribution in [1.82, 2.24) is 20.0 Å². The first-order valence-corrected chi connectivity index (χ1v) is 14.8. The van der Waals surface area contributed by atoms with Crippen molar-refractivity contribution in [3.8, 4) is 0 Å². The third-order valence-electron chi connectivity index (χ3n) is 8.98. The molecule has 4 amide bonds. The van der Waals surface area contributed by atoms with Crippen LogP contribution >= 0.6 is 11.6 Å². The summed E-state index contributed by atoms with van der Waals surface area (Å²) in [6, 6.07) is 9.74. The maximum atomic E-state index is 15.3. The Bertz CT molecular complexity index is 1520. The number of allylic oxidation sites excluding steroid dienone is 1. The van der Waals surface area contributed by atoms with Gasteiger partial charge in [-0.1, -0.05) is 43.2 Å². The van der Waals surface area contributed by atoms with Gasteiger partial charge in [0.2, 0.25) is 11.8 Å². The van der Waals surface area contributed by atoms with E-state index in [0.29, 0.717) is 30.3 Å². The summed E-state index contributed by atoms with van der Waals surface area (Å²) in [7, 11) is 0. The van der Waals surface area contributed by atoms with Crippen LogP contribution in [-0.2, 0) is 16.1 Å². The van der Waals surface area contributed by atoms with E-state index in [1.807, 2.05) is 12.1 Å². The molecule has 220 valence electrons. The zero-order valence-corrected chi connectivity index (χ0v) is 24.6. The molecule has 2 fully saturated rings. The number of benzene rings is 2. The average Bonchev–Trinajstić information content (AvgIpc) is 3.54. The van der Waals surface area contributed by atoms with Gasteiger partial charge in [0.25, 0.3) is 11.8 Å². The van der Waals surface area contributed by atoms with Gasteiger partial charge in [0.1, 0.15) is 11.9 Å². The molecule has 1 atom stereocenters. The van der Waals surface area contributed by atoms with E-state index < -0.39 is 29.6 Å². The van der Waals surface area contributed by atoms with E-state index in [9.17, 15) is 19.2 Å². The fraction of sp³-hybridized carbons (Fsp3) is 0.438. The van der Waals surface area contributed by atoms with Gasteiger partial charge >= 0.3 is 0 Å². The van der Waals surface area contributed by atoms with Crippen molar-refractivity contribution < 1.29 is 23.6 Å². The van der Waals surface area contributed by atoms with Crippen molar-refractivity contribution >= 4 is 40.8 Å². The van der Waals surface area contributed by atoms with Gasteiger partial charge in [-0.3, -0.25) is 29.4 Å². The number of piperidine rings is 1. The summed E-state index contributed by atoms with van der Waals surface area (Å²) in [6.45, 7) is 6.95. The molecule has 2 saturated heterocycles. The summed E-state index contributed by atoms with van der Waals surface area (Å²) < 4.78 is 15.3. The van der Waals surface area contributed by atoms with Crippen LogP contribution in [0, 0.1) is 11.2 Å². The van der Waals surface area contributed by atoms with Gasteiger partial charge in [-0.15, -0.1) is 0 Å². The monoisotopic (exact) mass is 592 g/mol. The van der Waals surface area contributed by atoms with Crippen LogP contribution in [0.25, 0.3) is 5.57 Å². The predicted octanol–water partition coefficient (Wildman–Crippen LogP) is 4.62. The summed E-state index contributed by atoms with van der Waals surface area (Å²) >= 11 is 6.14. The Morgan fingerprint density at radius 1 is 1.10 bits per heavy atom. The molecule has 1 N–H and O–H groups in total. The molecular weight excluding hydrogens is 559 g/mol. The van der Waals surface area contributed by atoms with E-state index in [4.69, 9.17) is 11.6 Å². The lowest BCUT2D eigenvalue weighted by molar-refractivity contribution is -0.136. The Morgan fingerprint density at radius 3 is 2.60 bits per heavy atom. The van der Waals surface area contributed by atoms with Gasteiger partial charge in [-0.25, -0.2) is 4.39 Å². The molecule has 1 unspecified atom stereocenters. The second-order valence-electron chi connectivity index (χ2n) is 12.6. The summed E-state index contributed by atoms with van der Waals surface area (Å²) in [6.07, 6.45) is 3.39. The maximum absolute atomic E-state index is 15.3. The molecule has 0 saturated carbocycles. The Balaban J connectivity index is 1.17. The lowest BCUT2D eigenvalue weighted by Crippen LogP contribution is -2.52. The minimum absolute atomic E-state index is 0.0750. The van der Waals surface area contributed by atoms with E-state index in [1.165, 1.54) is 27.7 Å². The van der Waals surface area contributed by atoms with E-state index >= 15 is 4.39 Å². The highest BCUT2D eigenvalue weighted by atomic mass is 35.5. The van der Waals surface area contributed by atoms with E-state index in [-0.39, 0.29) is 41.8 Å². The third kappa shape index (κ3) is 5.47. The van der Waals surface area contributed by atoms with Gasteiger partial charge in [-0.05, 0) is 72.1 Å². The number of nitrogens with one attached hydrogen (secondary N) is 1. The molecule has 42 heavy (non-hydrogen) atoms. The molecule has 3 aliphatic heterocycles. The molecule has 2 aromatic rings. The minimum Gasteiger partial charge on any atom is -0.324 e. The fourth-order valence-electron chi connectivity index (χ4n) is 6.60. The highest BCUT2D eigenvalue weighted by Crippen LogP contribution is 2.43. The molecule has 8 nitrogen and oxygen atoms in total. The summed E-state index contributed by atoms with van der Waals surface area (Å²) in [5, 5.41) is 2.97. The van der Waals surface area contributed by atoms with Crippen molar-refractivity contribution in [2.75, 3.05) is 26.3 Å². The Hall–Kier alpha value is -3.56.